The molecule has 0 aromatic carbocycles. The van der Waals surface area contributed by atoms with Gasteiger partial charge in [0.25, 0.3) is 0 Å². The van der Waals surface area contributed by atoms with Gasteiger partial charge in [0.05, 0.1) is 34.6 Å². The number of nitrogens with one attached hydrogen (secondary N) is 4. The highest BCUT2D eigenvalue weighted by Gasteiger charge is 2.51. The molecule has 16 nitrogen and oxygen atoms in total. The zero-order valence-corrected chi connectivity index (χ0v) is 62.3. The van der Waals surface area contributed by atoms with Gasteiger partial charge in [-0.15, -0.1) is 0 Å². The molecule has 2 unspecified atom stereocenters. The van der Waals surface area contributed by atoms with Gasteiger partial charge < -0.3 is 50.4 Å². The molecule has 24 heteroatoms. The summed E-state index contributed by atoms with van der Waals surface area (Å²) in [7, 11) is -19.0. The Hall–Kier alpha value is -3.49. The maximum Gasteiger partial charge on any atom is 0.469 e. The largest absolute Gasteiger partial charge is 0.478 e. The standard InChI is InChI=1S/C58H102N6O10Si8/c1-25-43-39(3)47-36-49-41(5)45(29-30-53(65)59-31-27-33-81(69-75(7,8)9,70-76(10,11)12)71-77(13,14)15)56(63-49)46(35-54(66)60-32-28-34-82(72-78(16,17)18,73-79(19,20)21)74-80(22,23)24)57-55(58(67)68)42(6)50(64-57)38-52-44(26-2)40(4)48(62-52)37-51(43)61-47/h25,36-38,41,45,62,64H,1,26-35H2,2-24H3,(H,59,65)(H,60,66)(H,67,68). The zero-order valence-electron chi connectivity index (χ0n) is 54.3. The molecular weight excluding hydrogens is 1170 g/mol. The lowest BCUT2D eigenvalue weighted by atomic mass is 9.84. The third-order valence-electron chi connectivity index (χ3n) is 13.7. The number of amides is 2. The van der Waals surface area contributed by atoms with E-state index in [1.54, 1.807) is 6.92 Å². The van der Waals surface area contributed by atoms with Gasteiger partial charge in [-0.3, -0.25) is 14.6 Å². The van der Waals surface area contributed by atoms with E-state index >= 15 is 0 Å². The number of allylic oxidation sites excluding steroid dienone is 3. The molecular formula is C58H102N6O10Si8. The van der Waals surface area contributed by atoms with Crippen LogP contribution in [-0.2, 0) is 47.1 Å². The molecule has 456 valence electrons. The van der Waals surface area contributed by atoms with Gasteiger partial charge in [-0.1, -0.05) is 26.5 Å². The van der Waals surface area contributed by atoms with Gasteiger partial charge in [0.1, 0.15) is 0 Å². The number of rotatable bonds is 28. The molecule has 2 aliphatic heterocycles. The van der Waals surface area contributed by atoms with E-state index in [9.17, 15) is 19.5 Å². The summed E-state index contributed by atoms with van der Waals surface area (Å²) in [5, 5.41) is 17.6. The molecule has 82 heavy (non-hydrogen) atoms. The second-order valence-corrected chi connectivity index (χ2v) is 62.2. The van der Waals surface area contributed by atoms with E-state index in [1.165, 1.54) is 0 Å². The van der Waals surface area contributed by atoms with Crippen molar-refractivity contribution in [2.45, 2.75) is 215 Å². The monoisotopic (exact) mass is 1270 g/mol. The Morgan fingerprint density at radius 3 is 1.52 bits per heavy atom. The summed E-state index contributed by atoms with van der Waals surface area (Å²) in [5.74, 6) is -2.20. The average molecular weight is 1270 g/mol. The third-order valence-corrected chi connectivity index (χ3v) is 37.8. The van der Waals surface area contributed by atoms with E-state index < -0.39 is 79.4 Å². The molecule has 2 atom stereocenters. The maximum atomic E-state index is 14.8. The lowest BCUT2D eigenvalue weighted by Crippen LogP contribution is -2.60. The lowest BCUT2D eigenvalue weighted by Gasteiger charge is -2.43. The molecule has 5 heterocycles. The van der Waals surface area contributed by atoms with Crippen LogP contribution < -0.4 is 10.6 Å². The minimum atomic E-state index is -3.20. The van der Waals surface area contributed by atoms with Crippen molar-refractivity contribution in [3.05, 3.63) is 81.4 Å². The molecule has 0 saturated heterocycles. The van der Waals surface area contributed by atoms with Gasteiger partial charge in [-0.2, -0.15) is 0 Å². The number of hydrogen-bond donors (Lipinski definition) is 5. The summed E-state index contributed by atoms with van der Waals surface area (Å²) in [6.45, 7) is 54.0. The SMILES string of the molecule is C=CC1=C(C)c2cc3nc(c(CC(=O)NCCC[Si](O[Si](C)(C)C)(O[Si](C)(C)C)O[Si](C)(C)C)c4[nH]c(cc5[nH]c(cc1n2)c(C)c5CC)c(C)c4C(=O)O)C(CCC(=O)NCCC[Si](O[Si](C)(C)C)(O[Si](C)(C)C)O[Si](C)(C)C)C3C. The van der Waals surface area contributed by atoms with Gasteiger partial charge in [0, 0.05) is 76.8 Å². The number of aromatic amines is 2. The highest BCUT2D eigenvalue weighted by Crippen LogP contribution is 2.44. The van der Waals surface area contributed by atoms with Gasteiger partial charge >= 0.3 is 23.6 Å². The highest BCUT2D eigenvalue weighted by atomic mass is 28.5. The highest BCUT2D eigenvalue weighted by molar-refractivity contribution is 6.91. The lowest BCUT2D eigenvalue weighted by molar-refractivity contribution is -0.121. The molecule has 5 rings (SSSR count). The summed E-state index contributed by atoms with van der Waals surface area (Å²) in [6.07, 6.45) is 4.08. The average Bonchev–Trinajstić information content (AvgIpc) is 3.92. The molecule has 0 aliphatic carbocycles. The number of fused-ring (bicyclic) bond motifs is 8. The Morgan fingerprint density at radius 2 is 1.09 bits per heavy atom. The van der Waals surface area contributed by atoms with E-state index in [-0.39, 0.29) is 36.1 Å². The van der Waals surface area contributed by atoms with Crippen molar-refractivity contribution in [3.63, 3.8) is 0 Å². The Bertz CT molecular complexity index is 2960. The zero-order chi connectivity index (χ0) is 61.9. The summed E-state index contributed by atoms with van der Waals surface area (Å²) in [5.41, 5.74) is 10.4. The molecule has 3 aromatic heterocycles. The maximum absolute atomic E-state index is 14.8. The van der Waals surface area contributed by atoms with Crippen molar-refractivity contribution in [2.24, 2.45) is 0 Å². The van der Waals surface area contributed by atoms with Crippen molar-refractivity contribution >= 4 is 119 Å². The number of carboxylic acid groups (broad SMARTS) is 1. The molecule has 0 radical (unpaired) electrons. The van der Waals surface area contributed by atoms with Crippen LogP contribution in [0.5, 0.6) is 0 Å². The van der Waals surface area contributed by atoms with Crippen molar-refractivity contribution in [3.8, 4) is 0 Å². The second-order valence-electron chi connectivity index (χ2n) is 28.3. The van der Waals surface area contributed by atoms with E-state index in [4.69, 9.17) is 34.7 Å². The molecule has 8 bridgehead atoms. The van der Waals surface area contributed by atoms with Crippen LogP contribution in [0, 0.1) is 13.8 Å². The first-order valence-electron chi connectivity index (χ1n) is 29.5. The topological polar surface area (TPSA) is 208 Å². The second kappa shape index (κ2) is 26.6. The van der Waals surface area contributed by atoms with Crippen LogP contribution in [0.2, 0.25) is 130 Å². The fraction of sp³-hybridized carbons (Fsp3) is 0.603. The van der Waals surface area contributed by atoms with Crippen molar-refractivity contribution < 1.29 is 44.2 Å². The van der Waals surface area contributed by atoms with Crippen molar-refractivity contribution in [2.75, 3.05) is 13.1 Å². The Labute approximate surface area is 499 Å². The number of aromatic carboxylic acids is 1. The number of nitrogens with zero attached hydrogens (tertiary/aromatic N) is 2. The first kappa shape index (κ1) is 69.3. The summed E-state index contributed by atoms with van der Waals surface area (Å²) < 4.78 is 41.7. The third kappa shape index (κ3) is 19.5. The quantitative estimate of drug-likeness (QED) is 0.0340. The van der Waals surface area contributed by atoms with Crippen LogP contribution >= 0.6 is 0 Å². The normalized spacial score (nSPS) is 16.0. The molecule has 0 saturated carbocycles. The number of aryl methyl sites for hydroxylation is 3. The number of carboxylic acids is 1. The number of carbonyl (C=O) groups is 3. The first-order valence-corrected chi connectivity index (χ1v) is 53.9. The predicted molar refractivity (Wildman–Crippen MR) is 357 cm³/mol. The smallest absolute Gasteiger partial charge is 0.469 e. The van der Waals surface area contributed by atoms with Crippen LogP contribution in [-0.4, -0.2) is 123 Å². The minimum absolute atomic E-state index is 0.0596. The van der Waals surface area contributed by atoms with Crippen LogP contribution in [0.3, 0.4) is 0 Å². The Balaban J connectivity index is 1.65. The Morgan fingerprint density at radius 1 is 0.622 bits per heavy atom. The fourth-order valence-electron chi connectivity index (χ4n) is 11.0. The van der Waals surface area contributed by atoms with Gasteiger partial charge in [-0.05, 0) is 205 Å². The van der Waals surface area contributed by atoms with Crippen LogP contribution in [0.15, 0.2) is 30.9 Å². The van der Waals surface area contributed by atoms with E-state index in [0.29, 0.717) is 78.0 Å². The summed E-state index contributed by atoms with van der Waals surface area (Å²) in [6, 6.07) is 7.16. The number of aromatic nitrogens is 4. The van der Waals surface area contributed by atoms with Crippen molar-refractivity contribution in [1.29, 1.82) is 0 Å². The van der Waals surface area contributed by atoms with Gasteiger partial charge in [-0.25, -0.2) is 9.78 Å². The van der Waals surface area contributed by atoms with Gasteiger partial charge in [0.15, 0.2) is 49.9 Å². The van der Waals surface area contributed by atoms with Crippen molar-refractivity contribution in [1.82, 2.24) is 30.6 Å². The van der Waals surface area contributed by atoms with E-state index in [0.717, 1.165) is 51.1 Å². The summed E-state index contributed by atoms with van der Waals surface area (Å²) >= 11 is 0. The number of hydrogen-bond acceptors (Lipinski definition) is 11. The van der Waals surface area contributed by atoms with Crippen LogP contribution in [0.25, 0.3) is 33.2 Å². The first-order chi connectivity index (χ1) is 37.5. The molecule has 0 spiro atoms. The minimum Gasteiger partial charge on any atom is -0.478 e. The molecule has 3 aromatic rings. The van der Waals surface area contributed by atoms with Gasteiger partial charge in [0.2, 0.25) is 11.8 Å². The van der Waals surface area contributed by atoms with E-state index in [1.807, 2.05) is 25.1 Å². The molecule has 2 aliphatic rings. The number of H-pyrrole nitrogens is 2. The molecule has 0 fully saturated rings. The summed E-state index contributed by atoms with van der Waals surface area (Å²) in [4.78, 5) is 60.5. The fourth-order valence-corrected chi connectivity index (χ4v) is 40.3. The van der Waals surface area contributed by atoms with Crippen LogP contribution in [0.4, 0.5) is 0 Å². The molecule has 5 N–H and O–H groups in total. The van der Waals surface area contributed by atoms with Crippen LogP contribution in [0.1, 0.15) is 114 Å². The molecule has 2 amide bonds. The number of carbonyl (C=O) groups excluding carboxylic acids is 2. The Kier molecular flexibility index (Phi) is 22.5. The van der Waals surface area contributed by atoms with E-state index in [2.05, 4.69) is 172 Å². The predicted octanol–water partition coefficient (Wildman–Crippen LogP) is 14.5.